The number of anilines is 3. The summed E-state index contributed by atoms with van der Waals surface area (Å²) < 4.78 is 15.5. The third-order valence-electron chi connectivity index (χ3n) is 7.59. The summed E-state index contributed by atoms with van der Waals surface area (Å²) >= 11 is 0. The second-order valence-electron chi connectivity index (χ2n) is 10.4. The molecular formula is C28H29FN6O2. The Bertz CT molecular complexity index is 1480. The molecule has 1 saturated heterocycles. The van der Waals surface area contributed by atoms with Gasteiger partial charge in [0.2, 0.25) is 0 Å². The number of halogens is 1. The molecule has 1 fully saturated rings. The molecule has 190 valence electrons. The van der Waals surface area contributed by atoms with E-state index in [1.165, 1.54) is 12.1 Å². The fraction of sp³-hybridized carbons (Fsp3) is 0.321. The van der Waals surface area contributed by atoms with Crippen molar-refractivity contribution in [2.75, 3.05) is 23.3 Å². The molecule has 0 radical (unpaired) electrons. The Hall–Kier alpha value is -3.98. The lowest BCUT2D eigenvalue weighted by Crippen LogP contribution is -2.41. The summed E-state index contributed by atoms with van der Waals surface area (Å²) in [6.45, 7) is 5.94. The van der Waals surface area contributed by atoms with E-state index in [1.807, 2.05) is 48.7 Å². The maximum atomic E-state index is 13.6. The molecule has 3 N–H and O–H groups in total. The fourth-order valence-corrected chi connectivity index (χ4v) is 5.48. The van der Waals surface area contributed by atoms with E-state index in [1.54, 1.807) is 12.4 Å². The molecule has 0 unspecified atom stereocenters. The molecule has 1 aromatic carbocycles. The van der Waals surface area contributed by atoms with Crippen LogP contribution in [-0.4, -0.2) is 44.1 Å². The molecular weight excluding hydrogens is 471 g/mol. The number of carbonyl (C=O) groups excluding carboxylic acids is 1. The van der Waals surface area contributed by atoms with Crippen LogP contribution in [0.4, 0.5) is 21.6 Å². The van der Waals surface area contributed by atoms with Crippen LogP contribution in [0, 0.1) is 11.7 Å². The maximum Gasteiger partial charge on any atom is 0.254 e. The van der Waals surface area contributed by atoms with Crippen molar-refractivity contribution in [3.63, 3.8) is 0 Å². The van der Waals surface area contributed by atoms with Crippen LogP contribution >= 0.6 is 0 Å². The van der Waals surface area contributed by atoms with Gasteiger partial charge in [-0.2, -0.15) is 0 Å². The molecule has 0 spiro atoms. The molecule has 0 aliphatic carbocycles. The van der Waals surface area contributed by atoms with Crippen LogP contribution in [0.5, 0.6) is 0 Å². The molecule has 0 saturated carbocycles. The Kier molecular flexibility index (Phi) is 5.60. The number of carbonyl (C=O) groups is 1. The van der Waals surface area contributed by atoms with Crippen LogP contribution in [0.25, 0.3) is 16.9 Å². The highest BCUT2D eigenvalue weighted by molar-refractivity contribution is 6.06. The molecule has 8 nitrogen and oxygen atoms in total. The van der Waals surface area contributed by atoms with E-state index in [0.717, 1.165) is 48.4 Å². The van der Waals surface area contributed by atoms with Gasteiger partial charge in [-0.05, 0) is 62.4 Å². The first-order valence-corrected chi connectivity index (χ1v) is 12.6. The summed E-state index contributed by atoms with van der Waals surface area (Å²) in [5.41, 5.74) is 4.70. The lowest BCUT2D eigenvalue weighted by atomic mass is 9.83. The predicted molar refractivity (Wildman–Crippen MR) is 141 cm³/mol. The van der Waals surface area contributed by atoms with Gasteiger partial charge in [-0.15, -0.1) is 0 Å². The topological polar surface area (TPSA) is 94.8 Å². The molecule has 2 aliphatic heterocycles. The summed E-state index contributed by atoms with van der Waals surface area (Å²) in [4.78, 5) is 24.0. The fourth-order valence-electron chi connectivity index (χ4n) is 5.48. The molecule has 4 aromatic rings. The maximum absolute atomic E-state index is 13.6. The van der Waals surface area contributed by atoms with Crippen LogP contribution in [0.1, 0.15) is 42.6 Å². The standard InChI is InChI=1S/C28H29FN6O2/c1-28(2,37)17-7-10-34(11-8-17)19-3-6-24(30-14-19)33-22-5-4-20(21-15-32-27(36)26(21)22)23-16-31-25-13-18(29)9-12-35(23)25/h3-6,9,12-14,16-17,37H,7-8,10-11,15H2,1-2H3,(H,30,33)(H,32,36). The van der Waals surface area contributed by atoms with E-state index < -0.39 is 5.60 Å². The number of nitrogens with zero attached hydrogens (tertiary/aromatic N) is 4. The van der Waals surface area contributed by atoms with Crippen molar-refractivity contribution in [3.8, 4) is 11.3 Å². The average molecular weight is 501 g/mol. The molecule has 3 aromatic heterocycles. The third kappa shape index (κ3) is 4.29. The molecule has 2 aliphatic rings. The number of hydrogen-bond donors (Lipinski definition) is 3. The summed E-state index contributed by atoms with van der Waals surface area (Å²) in [7, 11) is 0. The number of nitrogens with one attached hydrogen (secondary N) is 2. The minimum Gasteiger partial charge on any atom is -0.390 e. The van der Waals surface area contributed by atoms with Gasteiger partial charge in [-0.3, -0.25) is 9.20 Å². The molecule has 0 bridgehead atoms. The number of piperidine rings is 1. The van der Waals surface area contributed by atoms with E-state index >= 15 is 0 Å². The number of rotatable bonds is 5. The molecule has 1 amide bonds. The number of amides is 1. The second-order valence-corrected chi connectivity index (χ2v) is 10.4. The average Bonchev–Trinajstić information content (AvgIpc) is 3.48. The Morgan fingerprint density at radius 1 is 1.11 bits per heavy atom. The van der Waals surface area contributed by atoms with Crippen LogP contribution in [0.3, 0.4) is 0 Å². The van der Waals surface area contributed by atoms with Crippen LogP contribution in [0.15, 0.2) is 55.0 Å². The van der Waals surface area contributed by atoms with Crippen LogP contribution in [-0.2, 0) is 6.54 Å². The largest absolute Gasteiger partial charge is 0.390 e. The zero-order valence-corrected chi connectivity index (χ0v) is 20.8. The van der Waals surface area contributed by atoms with E-state index in [4.69, 9.17) is 0 Å². The van der Waals surface area contributed by atoms with Crippen LogP contribution < -0.4 is 15.5 Å². The third-order valence-corrected chi connectivity index (χ3v) is 7.59. The SMILES string of the molecule is CC(C)(O)C1CCN(c2ccc(Nc3ccc(-c4cnc5cc(F)ccn45)c4c3C(=O)NC4)nc2)CC1. The van der Waals surface area contributed by atoms with Gasteiger partial charge in [0.1, 0.15) is 17.3 Å². The van der Waals surface area contributed by atoms with Gasteiger partial charge in [0.05, 0.1) is 40.6 Å². The first-order chi connectivity index (χ1) is 17.8. The number of imidazole rings is 1. The zero-order chi connectivity index (χ0) is 25.7. The lowest BCUT2D eigenvalue weighted by Gasteiger charge is -2.38. The minimum absolute atomic E-state index is 0.148. The summed E-state index contributed by atoms with van der Waals surface area (Å²) in [5, 5.41) is 16.5. The van der Waals surface area contributed by atoms with Gasteiger partial charge >= 0.3 is 0 Å². The summed E-state index contributed by atoms with van der Waals surface area (Å²) in [5.74, 6) is 0.458. The highest BCUT2D eigenvalue weighted by Crippen LogP contribution is 2.36. The smallest absolute Gasteiger partial charge is 0.254 e. The first-order valence-electron chi connectivity index (χ1n) is 12.6. The number of hydrogen-bond acceptors (Lipinski definition) is 6. The Morgan fingerprint density at radius 3 is 2.65 bits per heavy atom. The van der Waals surface area contributed by atoms with E-state index in [0.29, 0.717) is 35.2 Å². The van der Waals surface area contributed by atoms with Gasteiger partial charge in [0.15, 0.2) is 0 Å². The predicted octanol–water partition coefficient (Wildman–Crippen LogP) is 4.51. The number of aromatic nitrogens is 3. The highest BCUT2D eigenvalue weighted by atomic mass is 19.1. The van der Waals surface area contributed by atoms with Gasteiger partial charge in [-0.25, -0.2) is 14.4 Å². The van der Waals surface area contributed by atoms with Crippen molar-refractivity contribution < 1.29 is 14.3 Å². The molecule has 5 heterocycles. The van der Waals surface area contributed by atoms with Crippen LogP contribution in [0.2, 0.25) is 0 Å². The van der Waals surface area contributed by atoms with Crippen molar-refractivity contribution in [3.05, 3.63) is 71.9 Å². The first kappa shape index (κ1) is 23.4. The van der Waals surface area contributed by atoms with E-state index in [-0.39, 0.29) is 11.7 Å². The number of pyridine rings is 2. The van der Waals surface area contributed by atoms with Gasteiger partial charge in [0, 0.05) is 37.5 Å². The van der Waals surface area contributed by atoms with Gasteiger partial charge < -0.3 is 20.6 Å². The van der Waals surface area contributed by atoms with Crippen molar-refractivity contribution >= 4 is 28.7 Å². The minimum atomic E-state index is -0.650. The number of aliphatic hydroxyl groups is 1. The van der Waals surface area contributed by atoms with Crippen molar-refractivity contribution in [1.29, 1.82) is 0 Å². The molecule has 0 atom stereocenters. The monoisotopic (exact) mass is 500 g/mol. The Labute approximate surface area is 214 Å². The Morgan fingerprint density at radius 2 is 1.92 bits per heavy atom. The number of benzene rings is 1. The van der Waals surface area contributed by atoms with Crippen molar-refractivity contribution in [2.45, 2.75) is 38.8 Å². The van der Waals surface area contributed by atoms with E-state index in [2.05, 4.69) is 25.5 Å². The summed E-state index contributed by atoms with van der Waals surface area (Å²) in [6.07, 6.45) is 7.08. The van der Waals surface area contributed by atoms with Gasteiger partial charge in [-0.1, -0.05) is 6.07 Å². The summed E-state index contributed by atoms with van der Waals surface area (Å²) in [6, 6.07) is 10.6. The second kappa shape index (κ2) is 8.85. The normalized spacial score (nSPS) is 16.2. The van der Waals surface area contributed by atoms with Crippen molar-refractivity contribution in [1.82, 2.24) is 19.7 Å². The molecule has 37 heavy (non-hydrogen) atoms. The van der Waals surface area contributed by atoms with Crippen molar-refractivity contribution in [2.24, 2.45) is 5.92 Å². The highest BCUT2D eigenvalue weighted by Gasteiger charge is 2.31. The molecule has 6 rings (SSSR count). The quantitative estimate of drug-likeness (QED) is 0.373. The molecule has 9 heteroatoms. The lowest BCUT2D eigenvalue weighted by molar-refractivity contribution is 0.00651. The number of fused-ring (bicyclic) bond motifs is 2. The zero-order valence-electron chi connectivity index (χ0n) is 20.8. The Balaban J connectivity index is 1.24. The van der Waals surface area contributed by atoms with Gasteiger partial charge in [0.25, 0.3) is 5.91 Å². The van der Waals surface area contributed by atoms with E-state index in [9.17, 15) is 14.3 Å².